The first-order valence-corrected chi connectivity index (χ1v) is 12.1. The molecule has 2 N–H and O–H groups in total. The monoisotopic (exact) mass is 471 g/mol. The van der Waals surface area contributed by atoms with Crippen LogP contribution in [0.15, 0.2) is 28.0 Å². The Morgan fingerprint density at radius 3 is 2.58 bits per heavy atom. The molecule has 1 aromatic heterocycles. The van der Waals surface area contributed by atoms with Gasteiger partial charge in [0.05, 0.1) is 28.3 Å². The zero-order valence-corrected chi connectivity index (χ0v) is 19.4. The van der Waals surface area contributed by atoms with Crippen LogP contribution in [0.5, 0.6) is 0 Å². The van der Waals surface area contributed by atoms with E-state index in [2.05, 4.69) is 10.2 Å². The lowest BCUT2D eigenvalue weighted by Gasteiger charge is -2.46. The Bertz CT molecular complexity index is 1140. The number of rotatable bonds is 7. The predicted octanol–water partition coefficient (Wildman–Crippen LogP) is 2.36. The van der Waals surface area contributed by atoms with E-state index in [4.69, 9.17) is 21.1 Å². The quantitative estimate of drug-likeness (QED) is 0.594. The molecule has 0 aliphatic carbocycles. The van der Waals surface area contributed by atoms with Crippen molar-refractivity contribution in [2.24, 2.45) is 0 Å². The number of hydrogen-bond donors (Lipinski definition) is 2. The molecule has 2 aromatic rings. The molecule has 0 bridgehead atoms. The third kappa shape index (κ3) is 4.43. The van der Waals surface area contributed by atoms with Crippen LogP contribution in [0.25, 0.3) is 0 Å². The van der Waals surface area contributed by atoms with Crippen LogP contribution in [0.3, 0.4) is 0 Å². The average Bonchev–Trinajstić information content (AvgIpc) is 3.17. The number of carbonyl (C=O) groups is 1. The van der Waals surface area contributed by atoms with Crippen molar-refractivity contribution in [2.45, 2.75) is 43.5 Å². The van der Waals surface area contributed by atoms with Gasteiger partial charge < -0.3 is 19.5 Å². The van der Waals surface area contributed by atoms with Crippen molar-refractivity contribution in [3.8, 4) is 0 Å². The number of H-pyrrole nitrogens is 2. The van der Waals surface area contributed by atoms with Gasteiger partial charge in [-0.1, -0.05) is 25.4 Å². The van der Waals surface area contributed by atoms with E-state index in [9.17, 15) is 18.0 Å². The molecule has 2 unspecified atom stereocenters. The van der Waals surface area contributed by atoms with E-state index in [0.29, 0.717) is 19.4 Å². The summed E-state index contributed by atoms with van der Waals surface area (Å²) in [6, 6.07) is 2.68. The highest BCUT2D eigenvalue weighted by Gasteiger charge is 2.41. The Hall–Kier alpha value is -2.14. The smallest absolute Gasteiger partial charge is 0.275 e. The van der Waals surface area contributed by atoms with Gasteiger partial charge in [-0.25, -0.2) is 8.42 Å². The van der Waals surface area contributed by atoms with Crippen molar-refractivity contribution < 1.29 is 22.7 Å². The number of nitrogens with one attached hydrogen (secondary N) is 2. The third-order valence-electron chi connectivity index (χ3n) is 5.53. The molecular formula is C20H26ClN3O6S. The van der Waals surface area contributed by atoms with Crippen LogP contribution in [0.2, 0.25) is 5.02 Å². The maximum absolute atomic E-state index is 13.0. The van der Waals surface area contributed by atoms with E-state index in [1.807, 2.05) is 13.8 Å². The van der Waals surface area contributed by atoms with Crippen molar-refractivity contribution in [2.75, 3.05) is 31.4 Å². The minimum absolute atomic E-state index is 0.00473. The molecule has 31 heavy (non-hydrogen) atoms. The van der Waals surface area contributed by atoms with E-state index in [1.165, 1.54) is 25.4 Å². The molecule has 3 rings (SSSR count). The first kappa shape index (κ1) is 23.5. The summed E-state index contributed by atoms with van der Waals surface area (Å²) in [4.78, 5) is 26.7. The third-order valence-corrected chi connectivity index (χ3v) is 7.05. The zero-order chi connectivity index (χ0) is 23.0. The Balaban J connectivity index is 2.20. The van der Waals surface area contributed by atoms with Crippen molar-refractivity contribution in [3.63, 3.8) is 0 Å². The maximum atomic E-state index is 13.0. The fraction of sp³-hybridized carbons (Fsp3) is 0.500. The average molecular weight is 472 g/mol. The van der Waals surface area contributed by atoms with Gasteiger partial charge in [0.25, 0.3) is 5.56 Å². The van der Waals surface area contributed by atoms with Gasteiger partial charge in [0.1, 0.15) is 5.56 Å². The number of ketones is 1. The Kier molecular flexibility index (Phi) is 6.66. The molecule has 2 heterocycles. The number of anilines is 1. The minimum atomic E-state index is -3.68. The lowest BCUT2D eigenvalue weighted by atomic mass is 10.0. The number of aromatic nitrogens is 2. The number of ether oxygens (including phenoxy) is 2. The highest BCUT2D eigenvalue weighted by Crippen LogP contribution is 2.40. The number of morpholine rings is 1. The van der Waals surface area contributed by atoms with Crippen molar-refractivity contribution in [1.82, 2.24) is 10.2 Å². The Morgan fingerprint density at radius 2 is 2.06 bits per heavy atom. The fourth-order valence-corrected chi connectivity index (χ4v) is 5.07. The van der Waals surface area contributed by atoms with Gasteiger partial charge in [-0.3, -0.25) is 14.7 Å². The van der Waals surface area contributed by atoms with E-state index in [-0.39, 0.29) is 39.4 Å². The number of benzene rings is 1. The van der Waals surface area contributed by atoms with Gasteiger partial charge in [-0.2, -0.15) is 0 Å². The summed E-state index contributed by atoms with van der Waals surface area (Å²) in [5.74, 6) is -1.56. The normalized spacial score (nSPS) is 22.0. The minimum Gasteiger partial charge on any atom is -0.361 e. The van der Waals surface area contributed by atoms with Crippen molar-refractivity contribution in [1.29, 1.82) is 0 Å². The molecule has 0 amide bonds. The summed E-state index contributed by atoms with van der Waals surface area (Å²) in [6.45, 7) is 4.46. The van der Waals surface area contributed by atoms with Crippen LogP contribution < -0.4 is 10.5 Å². The summed E-state index contributed by atoms with van der Waals surface area (Å²) in [5.41, 5.74) is -0.461. The molecule has 0 spiro atoms. The van der Waals surface area contributed by atoms with Gasteiger partial charge in [-0.15, -0.1) is 0 Å². The molecule has 1 aliphatic heterocycles. The molecule has 0 saturated carbocycles. The second-order valence-corrected chi connectivity index (χ2v) is 9.89. The van der Waals surface area contributed by atoms with Crippen LogP contribution in [0.4, 0.5) is 5.69 Å². The second kappa shape index (κ2) is 8.78. The molecule has 9 nitrogen and oxygen atoms in total. The largest absolute Gasteiger partial charge is 0.361 e. The van der Waals surface area contributed by atoms with Gasteiger partial charge in [0.2, 0.25) is 5.78 Å². The van der Waals surface area contributed by atoms with Crippen LogP contribution in [0, 0.1) is 0 Å². The molecule has 1 aromatic carbocycles. The number of hydrogen-bond acceptors (Lipinski definition) is 7. The summed E-state index contributed by atoms with van der Waals surface area (Å²) in [5, 5.41) is 4.75. The predicted molar refractivity (Wildman–Crippen MR) is 117 cm³/mol. The number of nitrogens with zero attached hydrogens (tertiary/aromatic N) is 1. The summed E-state index contributed by atoms with van der Waals surface area (Å²) in [7, 11) is -2.14. The van der Waals surface area contributed by atoms with Gasteiger partial charge in [-0.05, 0) is 18.6 Å². The zero-order valence-electron chi connectivity index (χ0n) is 17.8. The van der Waals surface area contributed by atoms with Crippen molar-refractivity contribution in [3.05, 3.63) is 44.8 Å². The number of methoxy groups -OCH3 is 1. The van der Waals surface area contributed by atoms with Gasteiger partial charge >= 0.3 is 0 Å². The lowest BCUT2D eigenvalue weighted by molar-refractivity contribution is -0.253. The molecule has 2 atom stereocenters. The highest BCUT2D eigenvalue weighted by molar-refractivity contribution is 7.90. The Morgan fingerprint density at radius 1 is 1.35 bits per heavy atom. The van der Waals surface area contributed by atoms with Crippen LogP contribution in [-0.2, 0) is 19.3 Å². The van der Waals surface area contributed by atoms with Crippen molar-refractivity contribution >= 4 is 32.9 Å². The number of halogens is 1. The van der Waals surface area contributed by atoms with Gasteiger partial charge in [0.15, 0.2) is 15.6 Å². The maximum Gasteiger partial charge on any atom is 0.275 e. The first-order chi connectivity index (χ1) is 14.6. The fourth-order valence-electron chi connectivity index (χ4n) is 3.75. The van der Waals surface area contributed by atoms with Gasteiger partial charge in [0, 0.05) is 38.1 Å². The van der Waals surface area contributed by atoms with Crippen LogP contribution in [0.1, 0.15) is 42.6 Å². The van der Waals surface area contributed by atoms with Crippen LogP contribution >= 0.6 is 11.6 Å². The summed E-state index contributed by atoms with van der Waals surface area (Å²) >= 11 is 6.66. The van der Waals surface area contributed by atoms with Crippen LogP contribution in [-0.4, -0.2) is 62.7 Å². The molecule has 170 valence electrons. The Labute approximate surface area is 185 Å². The summed E-state index contributed by atoms with van der Waals surface area (Å²) in [6.07, 6.45) is 3.30. The molecule has 1 fully saturated rings. The first-order valence-electron chi connectivity index (χ1n) is 9.88. The SMILES string of the molecule is CCC1CN(c2c(S(C)(=O)=O)ccc(C(=O)c3c[nH][nH]c3=O)c2Cl)CC(CC)(OC)O1. The number of sulfone groups is 1. The molecule has 1 saturated heterocycles. The molecular weight excluding hydrogens is 446 g/mol. The standard InChI is InChI=1S/C20H26ClN3O6S/c1-5-12-10-24(11-20(6-2,29-3)30-12)17-15(31(4,27)28)8-7-13(16(17)21)18(25)14-9-22-23-19(14)26/h7-9,12H,5-6,10-11H2,1-4H3,(H2,22,23,26). The molecule has 0 radical (unpaired) electrons. The summed E-state index contributed by atoms with van der Waals surface area (Å²) < 4.78 is 36.9. The van der Waals surface area contributed by atoms with E-state index in [1.54, 1.807) is 4.90 Å². The lowest BCUT2D eigenvalue weighted by Crippen LogP contribution is -2.56. The van der Waals surface area contributed by atoms with E-state index in [0.717, 1.165) is 6.26 Å². The van der Waals surface area contributed by atoms with E-state index >= 15 is 0 Å². The topological polar surface area (TPSA) is 122 Å². The second-order valence-electron chi connectivity index (χ2n) is 7.53. The number of aromatic amines is 2. The number of carbonyl (C=O) groups excluding carboxylic acids is 1. The molecule has 1 aliphatic rings. The molecule has 11 heteroatoms. The van der Waals surface area contributed by atoms with E-state index < -0.39 is 27.0 Å². The highest BCUT2D eigenvalue weighted by atomic mass is 35.5.